The van der Waals surface area contributed by atoms with E-state index in [4.69, 9.17) is 9.47 Å². The molecule has 4 heteroatoms. The van der Waals surface area contributed by atoms with Gasteiger partial charge in [-0.05, 0) is 24.1 Å². The van der Waals surface area contributed by atoms with Gasteiger partial charge < -0.3 is 14.8 Å². The SMILES string of the molecule is CC[C@H](C)C(=O)NCc1ccc2c(c1)OCO2. The molecule has 0 aromatic heterocycles. The van der Waals surface area contributed by atoms with Gasteiger partial charge >= 0.3 is 0 Å². The van der Waals surface area contributed by atoms with Crippen molar-refractivity contribution in [1.29, 1.82) is 0 Å². The predicted molar refractivity (Wildman–Crippen MR) is 63.9 cm³/mol. The molecule has 1 N–H and O–H groups in total. The van der Waals surface area contributed by atoms with Crippen LogP contribution in [0, 0.1) is 5.92 Å². The molecule has 1 aromatic carbocycles. The summed E-state index contributed by atoms with van der Waals surface area (Å²) in [6, 6.07) is 5.71. The van der Waals surface area contributed by atoms with Crippen LogP contribution in [0.15, 0.2) is 18.2 Å². The number of fused-ring (bicyclic) bond motifs is 1. The number of carbonyl (C=O) groups excluding carboxylic acids is 1. The molecule has 92 valence electrons. The van der Waals surface area contributed by atoms with Crippen molar-refractivity contribution in [2.24, 2.45) is 5.92 Å². The van der Waals surface area contributed by atoms with E-state index in [2.05, 4.69) is 5.32 Å². The lowest BCUT2D eigenvalue weighted by Crippen LogP contribution is -2.28. The highest BCUT2D eigenvalue weighted by molar-refractivity contribution is 5.78. The van der Waals surface area contributed by atoms with Gasteiger partial charge in [-0.15, -0.1) is 0 Å². The van der Waals surface area contributed by atoms with E-state index in [1.165, 1.54) is 0 Å². The minimum Gasteiger partial charge on any atom is -0.454 e. The molecule has 0 radical (unpaired) electrons. The van der Waals surface area contributed by atoms with Crippen molar-refractivity contribution in [3.05, 3.63) is 23.8 Å². The van der Waals surface area contributed by atoms with Crippen LogP contribution in [0.5, 0.6) is 11.5 Å². The van der Waals surface area contributed by atoms with Crippen LogP contribution in [0.3, 0.4) is 0 Å². The summed E-state index contributed by atoms with van der Waals surface area (Å²) in [5.74, 6) is 1.66. The number of ether oxygens (including phenoxy) is 2. The fourth-order valence-electron chi connectivity index (χ4n) is 1.60. The first-order valence-corrected chi connectivity index (χ1v) is 5.87. The molecule has 1 aliphatic heterocycles. The first-order chi connectivity index (χ1) is 8.20. The highest BCUT2D eigenvalue weighted by atomic mass is 16.7. The molecular formula is C13H17NO3. The van der Waals surface area contributed by atoms with E-state index in [0.717, 1.165) is 23.5 Å². The largest absolute Gasteiger partial charge is 0.454 e. The second-order valence-corrected chi connectivity index (χ2v) is 4.21. The number of nitrogens with one attached hydrogen (secondary N) is 1. The van der Waals surface area contributed by atoms with Gasteiger partial charge in [0.25, 0.3) is 0 Å². The lowest BCUT2D eigenvalue weighted by Gasteiger charge is -2.10. The standard InChI is InChI=1S/C13H17NO3/c1-3-9(2)13(15)14-7-10-4-5-11-12(6-10)17-8-16-11/h4-6,9H,3,7-8H2,1-2H3,(H,14,15)/t9-/m0/s1. The number of carbonyl (C=O) groups is 1. The zero-order valence-electron chi connectivity index (χ0n) is 10.2. The Morgan fingerprint density at radius 3 is 2.94 bits per heavy atom. The number of rotatable bonds is 4. The van der Waals surface area contributed by atoms with Crippen molar-refractivity contribution in [2.45, 2.75) is 26.8 Å². The predicted octanol–water partition coefficient (Wildman–Crippen LogP) is 2.08. The normalized spacial score (nSPS) is 14.5. The second-order valence-electron chi connectivity index (χ2n) is 4.21. The van der Waals surface area contributed by atoms with Crippen LogP contribution in [-0.4, -0.2) is 12.7 Å². The monoisotopic (exact) mass is 235 g/mol. The summed E-state index contributed by atoms with van der Waals surface area (Å²) in [6.45, 7) is 4.73. The Hall–Kier alpha value is -1.71. The zero-order valence-corrected chi connectivity index (χ0v) is 10.2. The zero-order chi connectivity index (χ0) is 12.3. The van der Waals surface area contributed by atoms with Gasteiger partial charge in [-0.2, -0.15) is 0 Å². The fraction of sp³-hybridized carbons (Fsp3) is 0.462. The maximum absolute atomic E-state index is 11.6. The minimum atomic E-state index is 0.0593. The highest BCUT2D eigenvalue weighted by Crippen LogP contribution is 2.32. The molecule has 0 aliphatic carbocycles. The summed E-state index contributed by atoms with van der Waals surface area (Å²) in [4.78, 5) is 11.6. The van der Waals surface area contributed by atoms with Crippen LogP contribution in [0.25, 0.3) is 0 Å². The molecule has 1 aromatic rings. The Morgan fingerprint density at radius 2 is 2.18 bits per heavy atom. The molecule has 4 nitrogen and oxygen atoms in total. The molecule has 1 amide bonds. The Labute approximate surface area is 101 Å². The van der Waals surface area contributed by atoms with Gasteiger partial charge in [0.05, 0.1) is 0 Å². The van der Waals surface area contributed by atoms with E-state index in [1.54, 1.807) is 0 Å². The Kier molecular flexibility index (Phi) is 3.52. The molecule has 1 atom stereocenters. The molecule has 0 fully saturated rings. The summed E-state index contributed by atoms with van der Waals surface area (Å²) in [6.07, 6.45) is 0.854. The van der Waals surface area contributed by atoms with Crippen LogP contribution in [0.1, 0.15) is 25.8 Å². The maximum atomic E-state index is 11.6. The van der Waals surface area contributed by atoms with Gasteiger partial charge in [0.15, 0.2) is 11.5 Å². The molecule has 0 bridgehead atoms. The fourth-order valence-corrected chi connectivity index (χ4v) is 1.60. The Bertz CT molecular complexity index is 417. The number of benzene rings is 1. The maximum Gasteiger partial charge on any atom is 0.231 e. The number of amides is 1. The summed E-state index contributed by atoms with van der Waals surface area (Å²) >= 11 is 0. The van der Waals surface area contributed by atoms with Crippen LogP contribution >= 0.6 is 0 Å². The average Bonchev–Trinajstić information content (AvgIpc) is 2.82. The average molecular weight is 235 g/mol. The van der Waals surface area contributed by atoms with Gasteiger partial charge in [-0.3, -0.25) is 4.79 Å². The van der Waals surface area contributed by atoms with Gasteiger partial charge in [0, 0.05) is 12.5 Å². The van der Waals surface area contributed by atoms with Gasteiger partial charge in [0.2, 0.25) is 12.7 Å². The van der Waals surface area contributed by atoms with E-state index in [-0.39, 0.29) is 18.6 Å². The van der Waals surface area contributed by atoms with E-state index in [0.29, 0.717) is 6.54 Å². The summed E-state index contributed by atoms with van der Waals surface area (Å²) in [5, 5.41) is 2.91. The van der Waals surface area contributed by atoms with E-state index in [1.807, 2.05) is 32.0 Å². The number of hydrogen-bond acceptors (Lipinski definition) is 3. The van der Waals surface area contributed by atoms with Crippen LogP contribution < -0.4 is 14.8 Å². The molecule has 0 saturated carbocycles. The van der Waals surface area contributed by atoms with Crippen LogP contribution in [-0.2, 0) is 11.3 Å². The van der Waals surface area contributed by atoms with E-state index in [9.17, 15) is 4.79 Å². The molecule has 0 unspecified atom stereocenters. The third kappa shape index (κ3) is 2.70. The Balaban J connectivity index is 1.93. The highest BCUT2D eigenvalue weighted by Gasteiger charge is 2.14. The van der Waals surface area contributed by atoms with Crippen LogP contribution in [0.2, 0.25) is 0 Å². The van der Waals surface area contributed by atoms with Crippen molar-refractivity contribution >= 4 is 5.91 Å². The second kappa shape index (κ2) is 5.08. The van der Waals surface area contributed by atoms with Crippen molar-refractivity contribution in [3.63, 3.8) is 0 Å². The molecule has 1 aliphatic rings. The smallest absolute Gasteiger partial charge is 0.231 e. The van der Waals surface area contributed by atoms with Gasteiger partial charge in [-0.25, -0.2) is 0 Å². The van der Waals surface area contributed by atoms with Crippen molar-refractivity contribution in [2.75, 3.05) is 6.79 Å². The Morgan fingerprint density at radius 1 is 1.41 bits per heavy atom. The van der Waals surface area contributed by atoms with E-state index < -0.39 is 0 Å². The molecule has 0 spiro atoms. The van der Waals surface area contributed by atoms with Gasteiger partial charge in [-0.1, -0.05) is 19.9 Å². The summed E-state index contributed by atoms with van der Waals surface area (Å²) in [5.41, 5.74) is 1.02. The van der Waals surface area contributed by atoms with E-state index >= 15 is 0 Å². The van der Waals surface area contributed by atoms with Crippen molar-refractivity contribution < 1.29 is 14.3 Å². The molecule has 2 rings (SSSR count). The first kappa shape index (κ1) is 11.8. The third-order valence-electron chi connectivity index (χ3n) is 2.96. The van der Waals surface area contributed by atoms with Crippen molar-refractivity contribution in [3.8, 4) is 11.5 Å². The summed E-state index contributed by atoms with van der Waals surface area (Å²) in [7, 11) is 0. The topological polar surface area (TPSA) is 47.6 Å². The molecular weight excluding hydrogens is 218 g/mol. The third-order valence-corrected chi connectivity index (χ3v) is 2.96. The molecule has 17 heavy (non-hydrogen) atoms. The number of hydrogen-bond donors (Lipinski definition) is 1. The van der Waals surface area contributed by atoms with Crippen LogP contribution in [0.4, 0.5) is 0 Å². The van der Waals surface area contributed by atoms with Gasteiger partial charge in [0.1, 0.15) is 0 Å². The summed E-state index contributed by atoms with van der Waals surface area (Å²) < 4.78 is 10.5. The first-order valence-electron chi connectivity index (χ1n) is 5.87. The lowest BCUT2D eigenvalue weighted by molar-refractivity contribution is -0.124. The minimum absolute atomic E-state index is 0.0593. The molecule has 0 saturated heterocycles. The lowest BCUT2D eigenvalue weighted by atomic mass is 10.1. The quantitative estimate of drug-likeness (QED) is 0.869. The molecule has 1 heterocycles. The van der Waals surface area contributed by atoms with Crippen molar-refractivity contribution in [1.82, 2.24) is 5.32 Å².